The second kappa shape index (κ2) is 6.28. The lowest BCUT2D eigenvalue weighted by atomic mass is 9.90. The summed E-state index contributed by atoms with van der Waals surface area (Å²) >= 11 is 0. The van der Waals surface area contributed by atoms with Crippen LogP contribution < -0.4 is 0 Å². The van der Waals surface area contributed by atoms with Gasteiger partial charge < -0.3 is 9.47 Å². The first kappa shape index (κ1) is 16.5. The maximum Gasteiger partial charge on any atom is 0.338 e. The molecule has 126 valence electrons. The number of hydrogen-bond acceptors (Lipinski definition) is 3. The molecule has 6 heteroatoms. The highest BCUT2D eigenvalue weighted by molar-refractivity contribution is 5.90. The predicted octanol–water partition coefficient (Wildman–Crippen LogP) is 3.96. The Morgan fingerprint density at radius 2 is 1.79 bits per heavy atom. The molecule has 0 spiro atoms. The van der Waals surface area contributed by atoms with Crippen LogP contribution in [0.5, 0.6) is 0 Å². The average Bonchev–Trinajstić information content (AvgIpc) is 2.49. The molecular weight excluding hydrogens is 321 g/mol. The van der Waals surface area contributed by atoms with Crippen molar-refractivity contribution in [2.45, 2.75) is 6.92 Å². The minimum atomic E-state index is -0.802. The van der Waals surface area contributed by atoms with Gasteiger partial charge in [-0.1, -0.05) is 13.0 Å². The Hall–Kier alpha value is -2.34. The normalized spacial score (nSPS) is 15.7. The number of carbonyl (C=O) groups is 1. The minimum absolute atomic E-state index is 0.00399. The Balaban J connectivity index is 1.77. The molecule has 2 aromatic rings. The molecule has 1 fully saturated rings. The van der Waals surface area contributed by atoms with Crippen LogP contribution in [-0.2, 0) is 9.47 Å². The molecule has 1 heterocycles. The van der Waals surface area contributed by atoms with Crippen LogP contribution in [0.2, 0.25) is 0 Å². The molecule has 0 unspecified atom stereocenters. The van der Waals surface area contributed by atoms with E-state index >= 15 is 0 Å². The quantitative estimate of drug-likeness (QED) is 0.793. The van der Waals surface area contributed by atoms with Gasteiger partial charge in [-0.3, -0.25) is 0 Å². The fraction of sp³-hybridized carbons (Fsp3) is 0.278. The molecule has 1 aliphatic heterocycles. The van der Waals surface area contributed by atoms with Crippen LogP contribution in [0.3, 0.4) is 0 Å². The third kappa shape index (κ3) is 3.43. The Morgan fingerprint density at radius 3 is 2.33 bits per heavy atom. The Morgan fingerprint density at radius 1 is 1.12 bits per heavy atom. The van der Waals surface area contributed by atoms with Gasteiger partial charge in [-0.2, -0.15) is 0 Å². The topological polar surface area (TPSA) is 35.5 Å². The molecule has 3 nitrogen and oxygen atoms in total. The number of halogens is 3. The second-order valence-electron chi connectivity index (χ2n) is 6.23. The van der Waals surface area contributed by atoms with Gasteiger partial charge in [0.2, 0.25) is 0 Å². The first-order valence-corrected chi connectivity index (χ1v) is 7.37. The lowest BCUT2D eigenvalue weighted by Gasteiger charge is -2.37. The van der Waals surface area contributed by atoms with E-state index in [4.69, 9.17) is 9.47 Å². The first-order chi connectivity index (χ1) is 11.4. The fourth-order valence-electron chi connectivity index (χ4n) is 2.44. The average molecular weight is 336 g/mol. The number of benzene rings is 2. The second-order valence-corrected chi connectivity index (χ2v) is 6.23. The summed E-state index contributed by atoms with van der Waals surface area (Å²) in [5, 5.41) is 0. The van der Waals surface area contributed by atoms with E-state index < -0.39 is 23.4 Å². The van der Waals surface area contributed by atoms with Crippen LogP contribution in [-0.4, -0.2) is 25.8 Å². The highest BCUT2D eigenvalue weighted by atomic mass is 19.1. The van der Waals surface area contributed by atoms with Gasteiger partial charge in [-0.05, 0) is 29.8 Å². The summed E-state index contributed by atoms with van der Waals surface area (Å²) < 4.78 is 51.0. The van der Waals surface area contributed by atoms with E-state index in [0.717, 1.165) is 18.2 Å². The number of ether oxygens (including phenoxy) is 2. The summed E-state index contributed by atoms with van der Waals surface area (Å²) in [4.78, 5) is 12.0. The molecule has 0 aromatic heterocycles. The van der Waals surface area contributed by atoms with Crippen molar-refractivity contribution in [1.29, 1.82) is 0 Å². The zero-order chi connectivity index (χ0) is 17.3. The van der Waals surface area contributed by atoms with Crippen LogP contribution in [0.25, 0.3) is 11.1 Å². The number of carbonyl (C=O) groups excluding carboxylic acids is 1. The first-order valence-electron chi connectivity index (χ1n) is 7.37. The van der Waals surface area contributed by atoms with Crippen molar-refractivity contribution in [1.82, 2.24) is 0 Å². The highest BCUT2D eigenvalue weighted by Gasteiger charge is 2.35. The summed E-state index contributed by atoms with van der Waals surface area (Å²) in [7, 11) is 0. The zero-order valence-corrected chi connectivity index (χ0v) is 12.9. The van der Waals surface area contributed by atoms with Gasteiger partial charge in [0, 0.05) is 17.0 Å². The van der Waals surface area contributed by atoms with Gasteiger partial charge in [0.15, 0.2) is 0 Å². The molecule has 2 aromatic carbocycles. The molecule has 0 aliphatic carbocycles. The van der Waals surface area contributed by atoms with Crippen molar-refractivity contribution >= 4 is 5.97 Å². The maximum absolute atomic E-state index is 14.2. The van der Waals surface area contributed by atoms with E-state index in [1.807, 2.05) is 6.92 Å². The van der Waals surface area contributed by atoms with E-state index in [9.17, 15) is 18.0 Å². The molecule has 0 radical (unpaired) electrons. The van der Waals surface area contributed by atoms with Gasteiger partial charge in [0.25, 0.3) is 0 Å². The van der Waals surface area contributed by atoms with Gasteiger partial charge >= 0.3 is 5.97 Å². The molecule has 1 saturated heterocycles. The molecule has 0 N–H and O–H groups in total. The monoisotopic (exact) mass is 336 g/mol. The molecule has 1 aliphatic rings. The summed E-state index contributed by atoms with van der Waals surface area (Å²) in [5.74, 6) is -3.01. The number of esters is 1. The van der Waals surface area contributed by atoms with E-state index in [2.05, 4.69) is 0 Å². The van der Waals surface area contributed by atoms with E-state index in [1.54, 1.807) is 0 Å². The van der Waals surface area contributed by atoms with Crippen molar-refractivity contribution in [3.63, 3.8) is 0 Å². The zero-order valence-electron chi connectivity index (χ0n) is 12.9. The van der Waals surface area contributed by atoms with Crippen molar-refractivity contribution < 1.29 is 27.4 Å². The Kier molecular flexibility index (Phi) is 4.32. The Bertz CT molecular complexity index is 765. The lowest BCUT2D eigenvalue weighted by molar-refractivity contribution is -0.127. The fourth-order valence-corrected chi connectivity index (χ4v) is 2.44. The maximum atomic E-state index is 14.2. The minimum Gasteiger partial charge on any atom is -0.461 e. The van der Waals surface area contributed by atoms with Crippen LogP contribution in [0.4, 0.5) is 13.2 Å². The smallest absolute Gasteiger partial charge is 0.338 e. The lowest BCUT2D eigenvalue weighted by Crippen LogP contribution is -2.44. The van der Waals surface area contributed by atoms with Crippen LogP contribution in [0.1, 0.15) is 17.3 Å². The largest absolute Gasteiger partial charge is 0.461 e. The van der Waals surface area contributed by atoms with E-state index in [-0.39, 0.29) is 28.7 Å². The van der Waals surface area contributed by atoms with Crippen LogP contribution >= 0.6 is 0 Å². The molecule has 0 bridgehead atoms. The Labute approximate surface area is 137 Å². The molecular formula is C18H15F3O3. The predicted molar refractivity (Wildman–Crippen MR) is 81.0 cm³/mol. The molecule has 0 atom stereocenters. The highest BCUT2D eigenvalue weighted by Crippen LogP contribution is 2.28. The van der Waals surface area contributed by atoms with Gasteiger partial charge in [0.1, 0.15) is 24.1 Å². The van der Waals surface area contributed by atoms with Crippen LogP contribution in [0.15, 0.2) is 36.4 Å². The van der Waals surface area contributed by atoms with Gasteiger partial charge in [0.05, 0.1) is 18.8 Å². The summed E-state index contributed by atoms with van der Waals surface area (Å²) in [6.07, 6.45) is 0. The van der Waals surface area contributed by atoms with Gasteiger partial charge in [-0.25, -0.2) is 18.0 Å². The van der Waals surface area contributed by atoms with E-state index in [1.165, 1.54) is 12.1 Å². The molecule has 0 amide bonds. The third-order valence-corrected chi connectivity index (χ3v) is 3.83. The molecule has 0 saturated carbocycles. The summed E-state index contributed by atoms with van der Waals surface area (Å²) in [6.45, 7) is 3.13. The number of hydrogen-bond donors (Lipinski definition) is 0. The molecule has 24 heavy (non-hydrogen) atoms. The van der Waals surface area contributed by atoms with Crippen LogP contribution in [0, 0.1) is 22.9 Å². The van der Waals surface area contributed by atoms with Crippen molar-refractivity contribution in [3.05, 3.63) is 59.4 Å². The molecule has 3 rings (SSSR count). The third-order valence-electron chi connectivity index (χ3n) is 3.83. The van der Waals surface area contributed by atoms with Crippen molar-refractivity contribution in [3.8, 4) is 11.1 Å². The summed E-state index contributed by atoms with van der Waals surface area (Å²) in [5.41, 5.74) is -0.0990. The summed E-state index contributed by atoms with van der Waals surface area (Å²) in [6, 6.07) is 6.42. The van der Waals surface area contributed by atoms with Crippen molar-refractivity contribution in [2.24, 2.45) is 5.41 Å². The number of rotatable bonds is 4. The SMILES string of the molecule is CC1(COC(=O)c2ccc(-c3cc(F)cc(F)c3)c(F)c2)COC1. The van der Waals surface area contributed by atoms with E-state index in [0.29, 0.717) is 19.3 Å². The van der Waals surface area contributed by atoms with Gasteiger partial charge in [-0.15, -0.1) is 0 Å². The standard InChI is InChI=1S/C18H15F3O3/c1-18(8-23-9-18)10-24-17(22)11-2-3-15(16(21)6-11)12-4-13(19)7-14(20)5-12/h2-7H,8-10H2,1H3. The van der Waals surface area contributed by atoms with Crippen molar-refractivity contribution in [2.75, 3.05) is 19.8 Å².